The number of hydrogen-bond acceptors (Lipinski definition) is 6. The number of hydrogen-bond donors (Lipinski definition) is 1. The normalized spacial score (nSPS) is 27.0. The Morgan fingerprint density at radius 2 is 1.60 bits per heavy atom. The number of benzene rings is 3. The molecule has 2 fully saturated rings. The lowest BCUT2D eigenvalue weighted by molar-refractivity contribution is -0.208. The molecule has 5 rings (SSSR count). The molecule has 8 heteroatoms. The highest BCUT2D eigenvalue weighted by Gasteiger charge is 2.68. The van der Waals surface area contributed by atoms with Crippen molar-refractivity contribution in [1.82, 2.24) is 0 Å². The SMILES string of the molecule is COC(=O)C[C@]1(CO[SiH](c2ccccc2)c2ccccc2)[C@@H](C(C)(C)C)[C@@H](OC2CCCCO2)C[C@@]1(CO)c1ccc(F)cc1. The topological polar surface area (TPSA) is 74.2 Å². The second kappa shape index (κ2) is 14.3. The summed E-state index contributed by atoms with van der Waals surface area (Å²) in [4.78, 5) is 13.5. The van der Waals surface area contributed by atoms with E-state index in [1.807, 2.05) is 36.4 Å². The maximum absolute atomic E-state index is 14.3. The molecular weight excluding hydrogens is 587 g/mol. The van der Waals surface area contributed by atoms with Crippen molar-refractivity contribution in [2.45, 2.75) is 70.7 Å². The fraction of sp³-hybridized carbons (Fsp3) is 0.486. The van der Waals surface area contributed by atoms with Crippen LogP contribution in [0.5, 0.6) is 0 Å². The second-order valence-corrected chi connectivity index (χ2v) is 16.1. The molecular formula is C37H47FO6Si. The largest absolute Gasteiger partial charge is 0.469 e. The maximum Gasteiger partial charge on any atom is 0.306 e. The summed E-state index contributed by atoms with van der Waals surface area (Å²) in [5.41, 5.74) is -1.61. The van der Waals surface area contributed by atoms with Crippen molar-refractivity contribution in [3.8, 4) is 0 Å². The van der Waals surface area contributed by atoms with E-state index < -0.39 is 19.9 Å². The van der Waals surface area contributed by atoms with Crippen molar-refractivity contribution in [2.75, 3.05) is 26.9 Å². The Balaban J connectivity index is 1.69. The van der Waals surface area contributed by atoms with Crippen LogP contribution in [0, 0.1) is 22.6 Å². The minimum atomic E-state index is -2.27. The molecule has 6 nitrogen and oxygen atoms in total. The molecule has 1 aliphatic heterocycles. The quantitative estimate of drug-likeness (QED) is 0.233. The molecule has 3 aromatic carbocycles. The third-order valence-electron chi connectivity index (χ3n) is 9.93. The van der Waals surface area contributed by atoms with Crippen LogP contribution in [0.3, 0.4) is 0 Å². The molecule has 3 aromatic rings. The van der Waals surface area contributed by atoms with E-state index in [-0.39, 0.29) is 55.1 Å². The van der Waals surface area contributed by atoms with Crippen molar-refractivity contribution in [1.29, 1.82) is 0 Å². The monoisotopic (exact) mass is 634 g/mol. The molecule has 1 unspecified atom stereocenters. The van der Waals surface area contributed by atoms with E-state index in [0.717, 1.165) is 35.2 Å². The standard InChI is InChI=1S/C37H47FO6Si/c1-35(2,3)34-31(44-33-17-11-12-22-42-33)23-36(25-39,27-18-20-28(38)21-19-27)37(34,24-32(40)41-4)26-43-45(29-13-7-5-8-14-29)30-15-9-6-10-16-30/h5-10,13-16,18-21,31,33-34,39,45H,11-12,17,22-26H2,1-4H3/t31-,33?,34+,36+,37-/m0/s1. The summed E-state index contributed by atoms with van der Waals surface area (Å²) in [5, 5.41) is 13.8. The zero-order valence-corrected chi connectivity index (χ0v) is 28.1. The van der Waals surface area contributed by atoms with Crippen LogP contribution in [0.4, 0.5) is 4.39 Å². The predicted octanol–water partition coefficient (Wildman–Crippen LogP) is 5.14. The number of aliphatic hydroxyl groups excluding tert-OH is 1. The van der Waals surface area contributed by atoms with Crippen LogP contribution in [-0.2, 0) is 28.8 Å². The lowest BCUT2D eigenvalue weighted by Gasteiger charge is -2.52. The summed E-state index contributed by atoms with van der Waals surface area (Å²) in [6.45, 7) is 7.00. The van der Waals surface area contributed by atoms with Gasteiger partial charge in [0.1, 0.15) is 5.82 Å². The Bertz CT molecular complexity index is 1340. The van der Waals surface area contributed by atoms with Gasteiger partial charge in [0.2, 0.25) is 9.04 Å². The highest BCUT2D eigenvalue weighted by Crippen LogP contribution is 2.65. The average molecular weight is 635 g/mol. The van der Waals surface area contributed by atoms with Crippen LogP contribution in [-0.4, -0.2) is 59.4 Å². The average Bonchev–Trinajstić information content (AvgIpc) is 3.32. The molecule has 0 amide bonds. The first-order valence-corrected chi connectivity index (χ1v) is 17.7. The van der Waals surface area contributed by atoms with Gasteiger partial charge in [-0.15, -0.1) is 0 Å². The van der Waals surface area contributed by atoms with Gasteiger partial charge in [0.05, 0.1) is 26.2 Å². The summed E-state index contributed by atoms with van der Waals surface area (Å²) in [6, 6.07) is 26.8. The predicted molar refractivity (Wildman–Crippen MR) is 176 cm³/mol. The number of methoxy groups -OCH3 is 1. The number of rotatable bonds is 11. The van der Waals surface area contributed by atoms with Gasteiger partial charge in [-0.3, -0.25) is 4.79 Å². The van der Waals surface area contributed by atoms with Crippen LogP contribution >= 0.6 is 0 Å². The Morgan fingerprint density at radius 1 is 0.978 bits per heavy atom. The van der Waals surface area contributed by atoms with Crippen LogP contribution in [0.25, 0.3) is 0 Å². The van der Waals surface area contributed by atoms with Gasteiger partial charge < -0.3 is 23.7 Å². The minimum Gasteiger partial charge on any atom is -0.469 e. The Morgan fingerprint density at radius 3 is 2.11 bits per heavy atom. The summed E-state index contributed by atoms with van der Waals surface area (Å²) >= 11 is 0. The van der Waals surface area contributed by atoms with E-state index in [1.165, 1.54) is 19.2 Å². The fourth-order valence-electron chi connectivity index (χ4n) is 8.09. The van der Waals surface area contributed by atoms with Gasteiger partial charge in [0, 0.05) is 24.0 Å². The third-order valence-corrected chi connectivity index (χ3v) is 12.4. The first-order valence-electron chi connectivity index (χ1n) is 16.1. The number of carbonyl (C=O) groups is 1. The van der Waals surface area contributed by atoms with E-state index >= 15 is 0 Å². The first-order chi connectivity index (χ1) is 21.6. The van der Waals surface area contributed by atoms with Gasteiger partial charge in [-0.1, -0.05) is 93.6 Å². The molecule has 1 heterocycles. The first kappa shape index (κ1) is 33.5. The molecule has 0 aromatic heterocycles. The van der Waals surface area contributed by atoms with E-state index in [2.05, 4.69) is 45.0 Å². The number of carbonyl (C=O) groups excluding carboxylic acids is 1. The molecule has 45 heavy (non-hydrogen) atoms. The lowest BCUT2D eigenvalue weighted by atomic mass is 9.54. The van der Waals surface area contributed by atoms with Gasteiger partial charge in [-0.25, -0.2) is 4.39 Å². The van der Waals surface area contributed by atoms with Crippen molar-refractivity contribution in [2.24, 2.45) is 16.7 Å². The molecule has 1 aliphatic carbocycles. The van der Waals surface area contributed by atoms with Crippen LogP contribution in [0.1, 0.15) is 58.4 Å². The summed E-state index contributed by atoms with van der Waals surface area (Å²) < 4.78 is 39.8. The van der Waals surface area contributed by atoms with Crippen molar-refractivity contribution >= 4 is 25.4 Å². The number of halogens is 1. The molecule has 0 radical (unpaired) electrons. The van der Waals surface area contributed by atoms with E-state index in [0.29, 0.717) is 13.0 Å². The number of aliphatic hydroxyl groups is 1. The molecule has 1 N–H and O–H groups in total. The number of esters is 1. The summed E-state index contributed by atoms with van der Waals surface area (Å²) in [7, 11) is -0.878. The van der Waals surface area contributed by atoms with Crippen LogP contribution in [0.15, 0.2) is 84.9 Å². The Labute approximate surface area is 268 Å². The smallest absolute Gasteiger partial charge is 0.306 e. The molecule has 242 valence electrons. The molecule has 1 saturated carbocycles. The van der Waals surface area contributed by atoms with Crippen molar-refractivity contribution in [3.05, 3.63) is 96.3 Å². The van der Waals surface area contributed by atoms with Gasteiger partial charge in [-0.05, 0) is 65.1 Å². The lowest BCUT2D eigenvalue weighted by Crippen LogP contribution is -2.57. The minimum absolute atomic E-state index is 0.000539. The zero-order valence-electron chi connectivity index (χ0n) is 26.9. The van der Waals surface area contributed by atoms with Gasteiger partial charge in [-0.2, -0.15) is 0 Å². The highest BCUT2D eigenvalue weighted by molar-refractivity contribution is 6.80. The Hall–Kier alpha value is -2.88. The van der Waals surface area contributed by atoms with Crippen molar-refractivity contribution < 1.29 is 32.9 Å². The fourth-order valence-corrected chi connectivity index (χ4v) is 10.5. The zero-order chi connectivity index (χ0) is 32.1. The third kappa shape index (κ3) is 6.95. The highest BCUT2D eigenvalue weighted by atomic mass is 28.3. The van der Waals surface area contributed by atoms with Crippen LogP contribution < -0.4 is 10.4 Å². The van der Waals surface area contributed by atoms with Crippen molar-refractivity contribution in [3.63, 3.8) is 0 Å². The second-order valence-electron chi connectivity index (χ2n) is 13.7. The summed E-state index contributed by atoms with van der Waals surface area (Å²) in [6.07, 6.45) is 2.47. The molecule has 0 spiro atoms. The molecule has 5 atom stereocenters. The summed E-state index contributed by atoms with van der Waals surface area (Å²) in [5.74, 6) is -1.01. The number of ether oxygens (including phenoxy) is 3. The van der Waals surface area contributed by atoms with Gasteiger partial charge in [0.15, 0.2) is 6.29 Å². The Kier molecular flexibility index (Phi) is 10.6. The van der Waals surface area contributed by atoms with Gasteiger partial charge in [0.25, 0.3) is 0 Å². The molecule has 0 bridgehead atoms. The van der Waals surface area contributed by atoms with E-state index in [4.69, 9.17) is 18.6 Å². The molecule has 1 saturated heterocycles. The van der Waals surface area contributed by atoms with E-state index in [1.54, 1.807) is 12.1 Å². The molecule has 2 aliphatic rings. The maximum atomic E-state index is 14.3. The van der Waals surface area contributed by atoms with Gasteiger partial charge >= 0.3 is 5.97 Å². The van der Waals surface area contributed by atoms with Crippen LogP contribution in [0.2, 0.25) is 0 Å². The van der Waals surface area contributed by atoms with E-state index in [9.17, 15) is 14.3 Å².